The highest BCUT2D eigenvalue weighted by Crippen LogP contribution is 2.33. The molecule has 47 heavy (non-hydrogen) atoms. The maximum atomic E-state index is 15.4. The molecule has 2 aliphatic heterocycles. The number of halogens is 1. The average molecular weight is 660 g/mol. The van der Waals surface area contributed by atoms with Crippen molar-refractivity contribution in [1.82, 2.24) is 34.3 Å². The number of pyridine rings is 1. The van der Waals surface area contributed by atoms with Gasteiger partial charge in [0, 0.05) is 72.8 Å². The van der Waals surface area contributed by atoms with Crippen LogP contribution in [0.4, 0.5) is 21.7 Å². The number of aromatic nitrogens is 5. The van der Waals surface area contributed by atoms with E-state index < -0.39 is 16.7 Å². The van der Waals surface area contributed by atoms with Gasteiger partial charge in [-0.15, -0.1) is 0 Å². The van der Waals surface area contributed by atoms with Crippen molar-refractivity contribution in [2.75, 3.05) is 62.8 Å². The van der Waals surface area contributed by atoms with Gasteiger partial charge in [-0.2, -0.15) is 9.97 Å². The summed E-state index contributed by atoms with van der Waals surface area (Å²) in [6.07, 6.45) is 8.27. The Morgan fingerprint density at radius 3 is 2.77 bits per heavy atom. The smallest absolute Gasteiger partial charge is 0.263 e. The molecular weight excluding hydrogens is 621 g/mol. The molecule has 1 aromatic carbocycles. The third-order valence-corrected chi connectivity index (χ3v) is 10.5. The van der Waals surface area contributed by atoms with Crippen molar-refractivity contribution in [3.63, 3.8) is 0 Å². The van der Waals surface area contributed by atoms with Gasteiger partial charge >= 0.3 is 0 Å². The zero-order valence-electron chi connectivity index (χ0n) is 26.6. The molecule has 1 saturated carbocycles. The molecule has 5 heterocycles. The Bertz CT molecular complexity index is 1870. The van der Waals surface area contributed by atoms with E-state index in [0.717, 1.165) is 45.4 Å². The molecule has 3 aromatic heterocycles. The van der Waals surface area contributed by atoms with Gasteiger partial charge in [0.25, 0.3) is 10.6 Å². The number of rotatable bonds is 11. The molecule has 12 nitrogen and oxygen atoms in total. The van der Waals surface area contributed by atoms with Crippen molar-refractivity contribution >= 4 is 45.3 Å². The molecule has 246 valence electrons. The van der Waals surface area contributed by atoms with Gasteiger partial charge in [0.15, 0.2) is 5.78 Å². The highest BCUT2D eigenvalue weighted by atomic mass is 32.2. The summed E-state index contributed by atoms with van der Waals surface area (Å²) in [7, 11) is 3.80. The zero-order chi connectivity index (χ0) is 32.7. The van der Waals surface area contributed by atoms with Gasteiger partial charge in [-0.1, -0.05) is 0 Å². The fourth-order valence-corrected chi connectivity index (χ4v) is 7.78. The molecule has 1 N–H and O–H groups in total. The van der Waals surface area contributed by atoms with E-state index in [1.165, 1.54) is 23.4 Å². The predicted molar refractivity (Wildman–Crippen MR) is 178 cm³/mol. The van der Waals surface area contributed by atoms with Crippen LogP contribution >= 0.6 is 0 Å². The molecule has 0 spiro atoms. The second-order valence-corrected chi connectivity index (χ2v) is 14.3. The SMILES string of the molecule is CN(C)CC[S+]([O-])c1ncncc1Cn1c(=O)c(C(=O)C2CC2)cc2cnc(Nc3ccc(N4CCN5CCCC5C4)c(F)c3)nc21. The number of benzene rings is 1. The van der Waals surface area contributed by atoms with Crippen LogP contribution in [0, 0.1) is 11.7 Å². The maximum Gasteiger partial charge on any atom is 0.263 e. The molecule has 1 aliphatic carbocycles. The van der Waals surface area contributed by atoms with E-state index in [-0.39, 0.29) is 41.2 Å². The van der Waals surface area contributed by atoms with Crippen LogP contribution in [0.15, 0.2) is 52.8 Å². The van der Waals surface area contributed by atoms with E-state index in [1.54, 1.807) is 30.6 Å². The molecule has 14 heteroatoms. The Labute approximate surface area is 275 Å². The Hall–Kier alpha value is -3.98. The fraction of sp³-hybridized carbons (Fsp3) is 0.455. The van der Waals surface area contributed by atoms with Gasteiger partial charge in [0.1, 0.15) is 23.5 Å². The minimum Gasteiger partial charge on any atom is -0.610 e. The normalized spacial score (nSPS) is 18.9. The van der Waals surface area contributed by atoms with E-state index >= 15 is 4.39 Å². The first kappa shape index (κ1) is 31.6. The summed E-state index contributed by atoms with van der Waals surface area (Å²) in [5, 5.41) is 3.92. The minimum atomic E-state index is -1.44. The highest BCUT2D eigenvalue weighted by molar-refractivity contribution is 7.91. The Morgan fingerprint density at radius 2 is 1.98 bits per heavy atom. The van der Waals surface area contributed by atoms with Crippen LogP contribution in [-0.4, -0.2) is 103 Å². The van der Waals surface area contributed by atoms with Crippen molar-refractivity contribution in [1.29, 1.82) is 0 Å². The molecular formula is C33H38FN9O3S. The van der Waals surface area contributed by atoms with Crippen LogP contribution in [0.5, 0.6) is 0 Å². The maximum absolute atomic E-state index is 15.4. The molecule has 2 atom stereocenters. The number of fused-ring (bicyclic) bond motifs is 2. The predicted octanol–water partition coefficient (Wildman–Crippen LogP) is 3.06. The summed E-state index contributed by atoms with van der Waals surface area (Å²) < 4.78 is 30.1. The van der Waals surface area contributed by atoms with Crippen molar-refractivity contribution in [2.24, 2.45) is 5.92 Å². The highest BCUT2D eigenvalue weighted by Gasteiger charge is 2.34. The fourth-order valence-electron chi connectivity index (χ4n) is 6.48. The van der Waals surface area contributed by atoms with E-state index in [4.69, 9.17) is 0 Å². The van der Waals surface area contributed by atoms with Crippen LogP contribution in [0.25, 0.3) is 11.0 Å². The van der Waals surface area contributed by atoms with Crippen molar-refractivity contribution in [3.05, 3.63) is 70.3 Å². The lowest BCUT2D eigenvalue weighted by molar-refractivity contribution is 0.0966. The average Bonchev–Trinajstić information content (AvgIpc) is 3.81. The monoisotopic (exact) mass is 659 g/mol. The van der Waals surface area contributed by atoms with Gasteiger partial charge in [-0.05, 0) is 70.6 Å². The van der Waals surface area contributed by atoms with Crippen LogP contribution in [0.2, 0.25) is 0 Å². The third-order valence-electron chi connectivity index (χ3n) is 9.19. The lowest BCUT2D eigenvalue weighted by Gasteiger charge is -2.39. The van der Waals surface area contributed by atoms with Crippen LogP contribution in [-0.2, 0) is 17.7 Å². The van der Waals surface area contributed by atoms with Crippen molar-refractivity contribution < 1.29 is 13.7 Å². The Morgan fingerprint density at radius 1 is 1.13 bits per heavy atom. The molecule has 4 aromatic rings. The first-order valence-electron chi connectivity index (χ1n) is 16.1. The molecule has 7 rings (SSSR count). The standard InChI is InChI=1S/C33H38FN9O3S/c1-40(2)12-13-47(46)31-23(16-35-20-37-31)18-43-30-22(14-26(32(43)45)29(44)21-5-6-21)17-36-33(39-30)38-24-7-8-28(27(34)15-24)42-11-10-41-9-3-4-25(41)19-42/h7-8,14-17,20-21,25H,3-6,9-13,18-19H2,1-2H3,(H,36,38,39). The molecule has 0 radical (unpaired) electrons. The number of Topliss-reactive ketones (excluding diaryl/α,β-unsaturated/α-hetero) is 1. The summed E-state index contributed by atoms with van der Waals surface area (Å²) >= 11 is -1.44. The molecule has 0 bridgehead atoms. The Kier molecular flexibility index (Phi) is 8.92. The van der Waals surface area contributed by atoms with Gasteiger partial charge in [-0.25, -0.2) is 14.4 Å². The molecule has 2 saturated heterocycles. The number of anilines is 3. The summed E-state index contributed by atoms with van der Waals surface area (Å²) in [5.41, 5.74) is 1.40. The van der Waals surface area contributed by atoms with Crippen LogP contribution in [0.1, 0.15) is 41.6 Å². The largest absolute Gasteiger partial charge is 0.610 e. The molecule has 0 amide bonds. The number of hydrogen-bond donors (Lipinski definition) is 1. The van der Waals surface area contributed by atoms with Gasteiger partial charge in [0.05, 0.1) is 23.4 Å². The van der Waals surface area contributed by atoms with Crippen LogP contribution < -0.4 is 15.8 Å². The summed E-state index contributed by atoms with van der Waals surface area (Å²) in [5.74, 6) is -0.171. The first-order chi connectivity index (χ1) is 22.7. The van der Waals surface area contributed by atoms with E-state index in [2.05, 4.69) is 35.1 Å². The lowest BCUT2D eigenvalue weighted by atomic mass is 10.1. The van der Waals surface area contributed by atoms with Gasteiger partial charge in [-0.3, -0.25) is 19.1 Å². The topological polar surface area (TPSA) is 135 Å². The Balaban J connectivity index is 1.20. The molecule has 2 unspecified atom stereocenters. The van der Waals surface area contributed by atoms with Crippen molar-refractivity contribution in [3.8, 4) is 0 Å². The molecule has 3 aliphatic rings. The second-order valence-electron chi connectivity index (χ2n) is 12.8. The first-order valence-corrected chi connectivity index (χ1v) is 17.4. The summed E-state index contributed by atoms with van der Waals surface area (Å²) in [6.45, 7) is 4.21. The number of carbonyl (C=O) groups is 1. The van der Waals surface area contributed by atoms with E-state index in [1.807, 2.05) is 19.0 Å². The number of nitrogens with zero attached hydrogens (tertiary/aromatic N) is 8. The zero-order valence-corrected chi connectivity index (χ0v) is 27.4. The summed E-state index contributed by atoms with van der Waals surface area (Å²) in [6, 6.07) is 7.04. The number of hydrogen-bond acceptors (Lipinski definition) is 11. The minimum absolute atomic E-state index is 0.0426. The second kappa shape index (κ2) is 13.3. The quantitative estimate of drug-likeness (QED) is 0.145. The third kappa shape index (κ3) is 6.73. The molecule has 3 fully saturated rings. The van der Waals surface area contributed by atoms with Gasteiger partial charge in [0.2, 0.25) is 5.95 Å². The number of ketones is 1. The summed E-state index contributed by atoms with van der Waals surface area (Å²) in [4.78, 5) is 51.1. The van der Waals surface area contributed by atoms with Gasteiger partial charge < -0.3 is 19.7 Å². The number of piperazine rings is 1. The number of nitrogens with one attached hydrogen (secondary N) is 1. The number of carbonyl (C=O) groups excluding carboxylic acids is 1. The lowest BCUT2D eigenvalue weighted by Crippen LogP contribution is -2.50. The van der Waals surface area contributed by atoms with E-state index in [0.29, 0.717) is 45.7 Å². The van der Waals surface area contributed by atoms with Crippen molar-refractivity contribution in [2.45, 2.75) is 43.3 Å². The van der Waals surface area contributed by atoms with Crippen LogP contribution in [0.3, 0.4) is 0 Å². The van der Waals surface area contributed by atoms with E-state index in [9.17, 15) is 14.1 Å².